The van der Waals surface area contributed by atoms with E-state index in [0.717, 1.165) is 23.1 Å². The molecule has 4 nitrogen and oxygen atoms in total. The summed E-state index contributed by atoms with van der Waals surface area (Å²) >= 11 is 1.22. The van der Waals surface area contributed by atoms with Crippen molar-refractivity contribution in [2.75, 3.05) is 6.61 Å². The van der Waals surface area contributed by atoms with Crippen LogP contribution in [0.5, 0.6) is 0 Å². The first kappa shape index (κ1) is 17.7. The Morgan fingerprint density at radius 2 is 1.87 bits per heavy atom. The van der Waals surface area contributed by atoms with Crippen molar-refractivity contribution >= 4 is 27.5 Å². The fraction of sp³-hybridized carbons (Fsp3) is 0.556. The Balaban J connectivity index is 1.70. The summed E-state index contributed by atoms with van der Waals surface area (Å²) in [5, 5.41) is 0. The number of unbranched alkanes of at least 4 members (excludes halogenated alkanes) is 5. The molecule has 0 fully saturated rings. The predicted molar refractivity (Wildman–Crippen MR) is 95.0 cm³/mol. The van der Waals surface area contributed by atoms with Crippen molar-refractivity contribution < 1.29 is 9.53 Å². The second kappa shape index (κ2) is 9.50. The molecule has 0 aliphatic heterocycles. The zero-order valence-electron chi connectivity index (χ0n) is 13.8. The molecule has 0 unspecified atom stereocenters. The van der Waals surface area contributed by atoms with Gasteiger partial charge in [-0.1, -0.05) is 62.5 Å². The highest BCUT2D eigenvalue weighted by atomic mass is 32.1. The molecule has 2 aromatic rings. The minimum absolute atomic E-state index is 0.0186. The van der Waals surface area contributed by atoms with Gasteiger partial charge in [-0.15, -0.1) is 0 Å². The number of fused-ring (bicyclic) bond motifs is 1. The minimum atomic E-state index is -0.222. The molecule has 23 heavy (non-hydrogen) atoms. The average molecular weight is 335 g/mol. The Bertz CT molecular complexity index is 674. The summed E-state index contributed by atoms with van der Waals surface area (Å²) < 4.78 is 7.86. The summed E-state index contributed by atoms with van der Waals surface area (Å²) in [7, 11) is 0. The van der Waals surface area contributed by atoms with Crippen LogP contribution in [0, 0.1) is 0 Å². The van der Waals surface area contributed by atoms with Crippen LogP contribution < -0.4 is 4.87 Å². The zero-order chi connectivity index (χ0) is 16.5. The zero-order valence-corrected chi connectivity index (χ0v) is 14.6. The number of para-hydroxylation sites is 1. The van der Waals surface area contributed by atoms with Gasteiger partial charge in [0.2, 0.25) is 0 Å². The second-order valence-electron chi connectivity index (χ2n) is 5.73. The van der Waals surface area contributed by atoms with E-state index < -0.39 is 0 Å². The van der Waals surface area contributed by atoms with Gasteiger partial charge in [-0.05, 0) is 18.6 Å². The lowest BCUT2D eigenvalue weighted by atomic mass is 10.1. The van der Waals surface area contributed by atoms with Crippen molar-refractivity contribution in [1.29, 1.82) is 0 Å². The van der Waals surface area contributed by atoms with E-state index in [9.17, 15) is 9.59 Å². The van der Waals surface area contributed by atoms with Crippen molar-refractivity contribution in [3.63, 3.8) is 0 Å². The summed E-state index contributed by atoms with van der Waals surface area (Å²) in [6.45, 7) is 3.08. The number of esters is 1. The number of hydrogen-bond donors (Lipinski definition) is 0. The van der Waals surface area contributed by atoms with Crippen LogP contribution in [-0.4, -0.2) is 17.1 Å². The molecule has 0 spiro atoms. The van der Waals surface area contributed by atoms with Crippen LogP contribution in [0.2, 0.25) is 0 Å². The number of nitrogens with zero attached hydrogens (tertiary/aromatic N) is 1. The van der Waals surface area contributed by atoms with Crippen LogP contribution >= 0.6 is 11.3 Å². The SMILES string of the molecule is CCCCCCCCOC(=O)CCn1c(=O)sc2ccccc21. The highest BCUT2D eigenvalue weighted by molar-refractivity contribution is 7.16. The lowest BCUT2D eigenvalue weighted by Crippen LogP contribution is -2.16. The molecule has 5 heteroatoms. The van der Waals surface area contributed by atoms with Gasteiger partial charge in [0.15, 0.2) is 0 Å². The lowest BCUT2D eigenvalue weighted by molar-refractivity contribution is -0.144. The van der Waals surface area contributed by atoms with E-state index >= 15 is 0 Å². The Morgan fingerprint density at radius 3 is 2.70 bits per heavy atom. The first-order valence-electron chi connectivity index (χ1n) is 8.46. The van der Waals surface area contributed by atoms with Crippen molar-refractivity contribution in [2.24, 2.45) is 0 Å². The van der Waals surface area contributed by atoms with Crippen molar-refractivity contribution in [3.8, 4) is 0 Å². The molecule has 0 aliphatic rings. The van der Waals surface area contributed by atoms with Gasteiger partial charge >= 0.3 is 10.8 Å². The molecule has 1 heterocycles. The molecule has 0 bridgehead atoms. The molecule has 0 saturated carbocycles. The van der Waals surface area contributed by atoms with Gasteiger partial charge < -0.3 is 4.74 Å². The maximum atomic E-state index is 12.0. The number of benzene rings is 1. The summed E-state index contributed by atoms with van der Waals surface area (Å²) in [6, 6.07) is 7.66. The number of hydrogen-bond acceptors (Lipinski definition) is 4. The minimum Gasteiger partial charge on any atom is -0.466 e. The van der Waals surface area contributed by atoms with Crippen LogP contribution in [0.25, 0.3) is 10.2 Å². The van der Waals surface area contributed by atoms with Gasteiger partial charge in [0, 0.05) is 6.54 Å². The third-order valence-corrected chi connectivity index (χ3v) is 4.83. The van der Waals surface area contributed by atoms with Gasteiger partial charge in [0.1, 0.15) is 0 Å². The first-order valence-corrected chi connectivity index (χ1v) is 9.28. The molecule has 2 rings (SSSR count). The predicted octanol–water partition coefficient (Wildman–Crippen LogP) is 4.36. The van der Waals surface area contributed by atoms with Crippen LogP contribution in [-0.2, 0) is 16.1 Å². The maximum absolute atomic E-state index is 12.0. The number of ether oxygens (including phenoxy) is 1. The van der Waals surface area contributed by atoms with E-state index in [1.54, 1.807) is 4.57 Å². The topological polar surface area (TPSA) is 48.3 Å². The van der Waals surface area contributed by atoms with Crippen LogP contribution in [0.1, 0.15) is 51.9 Å². The fourth-order valence-electron chi connectivity index (χ4n) is 2.57. The van der Waals surface area contributed by atoms with Crippen molar-refractivity contribution in [1.82, 2.24) is 4.57 Å². The smallest absolute Gasteiger partial charge is 0.308 e. The third kappa shape index (κ3) is 5.50. The Kier molecular flexibility index (Phi) is 7.33. The number of thiazole rings is 1. The quantitative estimate of drug-likeness (QED) is 0.479. The van der Waals surface area contributed by atoms with Gasteiger partial charge in [0.05, 0.1) is 23.2 Å². The largest absolute Gasteiger partial charge is 0.466 e. The summed E-state index contributed by atoms with van der Waals surface area (Å²) in [5.74, 6) is -0.222. The number of aryl methyl sites for hydroxylation is 1. The highest BCUT2D eigenvalue weighted by Gasteiger charge is 2.09. The number of carbonyl (C=O) groups excluding carboxylic acids is 1. The van der Waals surface area contributed by atoms with E-state index in [1.807, 2.05) is 24.3 Å². The van der Waals surface area contributed by atoms with Gasteiger partial charge in [0.25, 0.3) is 0 Å². The average Bonchev–Trinajstić information content (AvgIpc) is 2.87. The maximum Gasteiger partial charge on any atom is 0.308 e. The van der Waals surface area contributed by atoms with Gasteiger partial charge in [-0.2, -0.15) is 0 Å². The van der Waals surface area contributed by atoms with Gasteiger partial charge in [-0.25, -0.2) is 0 Å². The van der Waals surface area contributed by atoms with E-state index in [-0.39, 0.29) is 17.3 Å². The molecule has 1 aromatic heterocycles. The van der Waals surface area contributed by atoms with Crippen LogP contribution in [0.15, 0.2) is 29.1 Å². The Labute approximate surface area is 141 Å². The lowest BCUT2D eigenvalue weighted by Gasteiger charge is -2.06. The molecule has 0 atom stereocenters. The second-order valence-corrected chi connectivity index (χ2v) is 6.72. The standard InChI is InChI=1S/C18H25NO3S/c1-2-3-4-5-6-9-14-22-17(20)12-13-19-15-10-7-8-11-16(15)23-18(19)21/h7-8,10-11H,2-6,9,12-14H2,1H3. The number of carbonyl (C=O) groups is 1. The summed E-state index contributed by atoms with van der Waals surface area (Å²) in [6.07, 6.45) is 7.28. The number of rotatable bonds is 10. The van der Waals surface area contributed by atoms with Crippen molar-refractivity contribution in [3.05, 3.63) is 33.9 Å². The highest BCUT2D eigenvalue weighted by Crippen LogP contribution is 2.16. The van der Waals surface area contributed by atoms with E-state index in [1.165, 1.54) is 37.0 Å². The van der Waals surface area contributed by atoms with Crippen LogP contribution in [0.4, 0.5) is 0 Å². The molecule has 0 aliphatic carbocycles. The Hall–Kier alpha value is -1.62. The molecule has 1 aromatic carbocycles. The summed E-state index contributed by atoms with van der Waals surface area (Å²) in [4.78, 5) is 23.7. The molecule has 0 amide bonds. The van der Waals surface area contributed by atoms with Gasteiger partial charge in [-0.3, -0.25) is 14.2 Å². The molecule has 126 valence electrons. The number of aromatic nitrogens is 1. The van der Waals surface area contributed by atoms with E-state index in [4.69, 9.17) is 4.74 Å². The molecular formula is C18H25NO3S. The molecule has 0 radical (unpaired) electrons. The fourth-order valence-corrected chi connectivity index (χ4v) is 3.49. The van der Waals surface area contributed by atoms with Crippen molar-refractivity contribution in [2.45, 2.75) is 58.4 Å². The molecule has 0 saturated heterocycles. The van der Waals surface area contributed by atoms with E-state index in [0.29, 0.717) is 13.2 Å². The van der Waals surface area contributed by atoms with E-state index in [2.05, 4.69) is 6.92 Å². The molecular weight excluding hydrogens is 310 g/mol. The van der Waals surface area contributed by atoms with Crippen LogP contribution in [0.3, 0.4) is 0 Å². The third-order valence-electron chi connectivity index (χ3n) is 3.87. The Morgan fingerprint density at radius 1 is 1.13 bits per heavy atom. The first-order chi connectivity index (χ1) is 11.2. The summed E-state index contributed by atoms with van der Waals surface area (Å²) in [5.41, 5.74) is 0.895. The monoisotopic (exact) mass is 335 g/mol. The molecule has 0 N–H and O–H groups in total. The normalized spacial score (nSPS) is 11.0.